The monoisotopic (exact) mass is 370 g/mol. The van der Waals surface area contributed by atoms with Gasteiger partial charge < -0.3 is 11.1 Å². The van der Waals surface area contributed by atoms with E-state index in [1.54, 1.807) is 11.3 Å². The molecule has 3 unspecified atom stereocenters. The van der Waals surface area contributed by atoms with E-state index >= 15 is 0 Å². The summed E-state index contributed by atoms with van der Waals surface area (Å²) in [5.74, 6) is 0.127. The Bertz CT molecular complexity index is 631. The summed E-state index contributed by atoms with van der Waals surface area (Å²) in [5.41, 5.74) is 8.06. The molecule has 3 rings (SSSR count). The van der Waals surface area contributed by atoms with E-state index in [1.807, 2.05) is 35.7 Å². The maximum absolute atomic E-state index is 12.5. The number of nitrogens with two attached hydrogens (primary N) is 1. The van der Waals surface area contributed by atoms with Gasteiger partial charge in [0, 0.05) is 17.0 Å². The number of benzene rings is 1. The van der Waals surface area contributed by atoms with E-state index in [2.05, 4.69) is 10.7 Å². The molecule has 0 radical (unpaired) electrons. The van der Waals surface area contributed by atoms with E-state index in [0.717, 1.165) is 30.4 Å². The van der Waals surface area contributed by atoms with Crippen LogP contribution in [0.25, 0.3) is 0 Å². The molecule has 3 atom stereocenters. The summed E-state index contributed by atoms with van der Waals surface area (Å²) in [6.45, 7) is 0. The number of thiophene rings is 1. The molecule has 1 aromatic heterocycles. The highest BCUT2D eigenvalue weighted by Gasteiger charge is 2.29. The lowest BCUT2D eigenvalue weighted by molar-refractivity contribution is -0.125. The van der Waals surface area contributed by atoms with Crippen LogP contribution in [0, 0.1) is 5.92 Å². The van der Waals surface area contributed by atoms with Gasteiger partial charge in [0.05, 0.1) is 6.04 Å². The van der Waals surface area contributed by atoms with Gasteiger partial charge in [-0.1, -0.05) is 23.7 Å². The smallest absolute Gasteiger partial charge is 0.223 e. The molecule has 1 aliphatic carbocycles. The second-order valence-electron chi connectivity index (χ2n) is 5.82. The van der Waals surface area contributed by atoms with Crippen molar-refractivity contribution in [1.29, 1.82) is 0 Å². The van der Waals surface area contributed by atoms with Crippen LogP contribution in [-0.4, -0.2) is 11.9 Å². The van der Waals surface area contributed by atoms with E-state index in [1.165, 1.54) is 0 Å². The number of carbonyl (C=O) groups excluding carboxylic acids is 1. The van der Waals surface area contributed by atoms with Gasteiger partial charge in [-0.05, 0) is 59.3 Å². The van der Waals surface area contributed by atoms with Crippen LogP contribution in [0.2, 0.25) is 5.02 Å². The lowest BCUT2D eigenvalue weighted by Gasteiger charge is -2.21. The van der Waals surface area contributed by atoms with Crippen molar-refractivity contribution in [1.82, 2.24) is 5.32 Å². The molecule has 3 N–H and O–H groups in total. The van der Waals surface area contributed by atoms with Crippen LogP contribution >= 0.6 is 35.3 Å². The zero-order valence-electron chi connectivity index (χ0n) is 12.6. The third kappa shape index (κ3) is 4.48. The first-order valence-corrected chi connectivity index (χ1v) is 8.79. The average Bonchev–Trinajstić information content (AvgIpc) is 3.17. The van der Waals surface area contributed by atoms with Crippen LogP contribution in [0.15, 0.2) is 41.1 Å². The number of halogens is 2. The molecule has 1 saturated carbocycles. The number of nitrogens with one attached hydrogen (secondary N) is 1. The molecule has 1 aromatic carbocycles. The summed E-state index contributed by atoms with van der Waals surface area (Å²) in [5, 5.41) is 7.98. The SMILES string of the molecule is Cl.NC1CCC(C(=O)NC(c2ccc(Cl)cc2)c2ccsc2)C1. The summed E-state index contributed by atoms with van der Waals surface area (Å²) < 4.78 is 0. The van der Waals surface area contributed by atoms with E-state index in [0.29, 0.717) is 5.02 Å². The second-order valence-corrected chi connectivity index (χ2v) is 7.04. The summed E-state index contributed by atoms with van der Waals surface area (Å²) in [6, 6.07) is 9.71. The molecule has 0 spiro atoms. The van der Waals surface area contributed by atoms with E-state index < -0.39 is 0 Å². The Morgan fingerprint density at radius 2 is 1.96 bits per heavy atom. The quantitative estimate of drug-likeness (QED) is 0.848. The van der Waals surface area contributed by atoms with Crippen molar-refractivity contribution in [2.75, 3.05) is 0 Å². The van der Waals surface area contributed by atoms with Crippen molar-refractivity contribution >= 4 is 41.3 Å². The predicted octanol–water partition coefficient (Wildman–Crippen LogP) is 4.16. The summed E-state index contributed by atoms with van der Waals surface area (Å²) >= 11 is 7.60. The molecule has 3 nitrogen and oxygen atoms in total. The molecule has 0 saturated heterocycles. The van der Waals surface area contributed by atoms with Crippen molar-refractivity contribution in [3.05, 3.63) is 57.2 Å². The van der Waals surface area contributed by atoms with Crippen molar-refractivity contribution in [3.8, 4) is 0 Å². The molecule has 1 aliphatic rings. The fourth-order valence-electron chi connectivity index (χ4n) is 2.97. The Morgan fingerprint density at radius 3 is 2.52 bits per heavy atom. The van der Waals surface area contributed by atoms with Gasteiger partial charge >= 0.3 is 0 Å². The van der Waals surface area contributed by atoms with Gasteiger partial charge in [0.25, 0.3) is 0 Å². The zero-order chi connectivity index (χ0) is 15.5. The lowest BCUT2D eigenvalue weighted by atomic mass is 9.99. The van der Waals surface area contributed by atoms with E-state index in [4.69, 9.17) is 17.3 Å². The average molecular weight is 371 g/mol. The number of hydrogen-bond acceptors (Lipinski definition) is 3. The van der Waals surface area contributed by atoms with Crippen LogP contribution in [0.4, 0.5) is 0 Å². The maximum Gasteiger partial charge on any atom is 0.223 e. The van der Waals surface area contributed by atoms with Crippen molar-refractivity contribution < 1.29 is 4.79 Å². The molecule has 1 amide bonds. The van der Waals surface area contributed by atoms with Gasteiger partial charge in [-0.15, -0.1) is 12.4 Å². The minimum atomic E-state index is -0.132. The highest BCUT2D eigenvalue weighted by molar-refractivity contribution is 7.08. The van der Waals surface area contributed by atoms with Gasteiger partial charge in [-0.2, -0.15) is 11.3 Å². The maximum atomic E-state index is 12.5. The van der Waals surface area contributed by atoms with Crippen LogP contribution in [0.3, 0.4) is 0 Å². The van der Waals surface area contributed by atoms with E-state index in [-0.39, 0.29) is 36.3 Å². The summed E-state index contributed by atoms with van der Waals surface area (Å²) in [7, 11) is 0. The Balaban J connectivity index is 0.00000192. The number of amides is 1. The fraction of sp³-hybridized carbons (Fsp3) is 0.353. The molecular weight excluding hydrogens is 351 g/mol. The normalized spacial score (nSPS) is 21.5. The highest BCUT2D eigenvalue weighted by Crippen LogP contribution is 2.29. The van der Waals surface area contributed by atoms with Gasteiger partial charge in [0.1, 0.15) is 0 Å². The van der Waals surface area contributed by atoms with Crippen LogP contribution in [0.1, 0.15) is 36.4 Å². The molecule has 1 fully saturated rings. The first-order chi connectivity index (χ1) is 10.6. The number of rotatable bonds is 4. The zero-order valence-corrected chi connectivity index (χ0v) is 15.0. The third-order valence-electron chi connectivity index (χ3n) is 4.21. The topological polar surface area (TPSA) is 55.1 Å². The van der Waals surface area contributed by atoms with Crippen LogP contribution in [0.5, 0.6) is 0 Å². The summed E-state index contributed by atoms with van der Waals surface area (Å²) in [6.07, 6.45) is 2.59. The molecule has 124 valence electrons. The highest BCUT2D eigenvalue weighted by atomic mass is 35.5. The second kappa shape index (κ2) is 8.15. The van der Waals surface area contributed by atoms with Gasteiger partial charge in [0.2, 0.25) is 5.91 Å². The third-order valence-corrected chi connectivity index (χ3v) is 5.16. The Labute approximate surface area is 151 Å². The first kappa shape index (κ1) is 18.3. The molecule has 0 aliphatic heterocycles. The number of carbonyl (C=O) groups is 1. The Kier molecular flexibility index (Phi) is 6.48. The molecule has 6 heteroatoms. The van der Waals surface area contributed by atoms with Gasteiger partial charge in [-0.25, -0.2) is 0 Å². The molecule has 0 bridgehead atoms. The predicted molar refractivity (Wildman–Crippen MR) is 98.3 cm³/mol. The minimum Gasteiger partial charge on any atom is -0.345 e. The van der Waals surface area contributed by atoms with Gasteiger partial charge in [-0.3, -0.25) is 4.79 Å². The standard InChI is InChI=1S/C17H19ClN2OS.ClH/c18-14-4-1-11(2-5-14)16(13-7-8-22-10-13)20-17(21)12-3-6-15(19)9-12;/h1-2,4-5,7-8,10,12,15-16H,3,6,9,19H2,(H,20,21);1H. The fourth-order valence-corrected chi connectivity index (χ4v) is 3.78. The van der Waals surface area contributed by atoms with Gasteiger partial charge in [0.15, 0.2) is 0 Å². The molecule has 2 aromatic rings. The summed E-state index contributed by atoms with van der Waals surface area (Å²) in [4.78, 5) is 12.5. The van der Waals surface area contributed by atoms with Crippen molar-refractivity contribution in [3.63, 3.8) is 0 Å². The lowest BCUT2D eigenvalue weighted by Crippen LogP contribution is -2.34. The largest absolute Gasteiger partial charge is 0.345 e. The first-order valence-electron chi connectivity index (χ1n) is 7.47. The van der Waals surface area contributed by atoms with Crippen LogP contribution in [-0.2, 0) is 4.79 Å². The van der Waals surface area contributed by atoms with Crippen molar-refractivity contribution in [2.45, 2.75) is 31.3 Å². The Hall–Kier alpha value is -1.07. The molecule has 23 heavy (non-hydrogen) atoms. The van der Waals surface area contributed by atoms with E-state index in [9.17, 15) is 4.79 Å². The molecule has 1 heterocycles. The Morgan fingerprint density at radius 1 is 1.22 bits per heavy atom. The molecular formula is C17H20Cl2N2OS. The minimum absolute atomic E-state index is 0. The van der Waals surface area contributed by atoms with Crippen LogP contribution < -0.4 is 11.1 Å². The number of hydrogen-bond donors (Lipinski definition) is 2. The van der Waals surface area contributed by atoms with Crippen molar-refractivity contribution in [2.24, 2.45) is 11.7 Å².